The second-order valence-electron chi connectivity index (χ2n) is 9.85. The minimum atomic E-state index is -0.429. The van der Waals surface area contributed by atoms with Crippen molar-refractivity contribution in [3.8, 4) is 0 Å². The highest BCUT2D eigenvalue weighted by molar-refractivity contribution is 5.89. The number of Topliss-reactive ketones (excluding diaryl/α,β-unsaturated/α-hetero) is 1. The van der Waals surface area contributed by atoms with Gasteiger partial charge in [0.05, 0.1) is 6.10 Å². The van der Waals surface area contributed by atoms with Gasteiger partial charge in [-0.25, -0.2) is 0 Å². The van der Waals surface area contributed by atoms with E-state index in [-0.39, 0.29) is 28.8 Å². The molecule has 0 radical (unpaired) electrons. The van der Waals surface area contributed by atoms with E-state index in [1.165, 1.54) is 18.4 Å². The van der Waals surface area contributed by atoms with Gasteiger partial charge in [0.2, 0.25) is 0 Å². The van der Waals surface area contributed by atoms with Gasteiger partial charge < -0.3 is 9.84 Å². The summed E-state index contributed by atoms with van der Waals surface area (Å²) in [6, 6.07) is 0. The van der Waals surface area contributed by atoms with Crippen molar-refractivity contribution in [2.24, 2.45) is 28.6 Å². The molecular weight excluding hydrogens is 300 g/mol. The van der Waals surface area contributed by atoms with Crippen LogP contribution in [0.15, 0.2) is 11.6 Å². The van der Waals surface area contributed by atoms with E-state index in [9.17, 15) is 9.90 Å². The molecule has 1 saturated heterocycles. The minimum Gasteiger partial charge on any atom is -0.393 e. The largest absolute Gasteiger partial charge is 0.393 e. The van der Waals surface area contributed by atoms with Crippen LogP contribution < -0.4 is 0 Å². The summed E-state index contributed by atoms with van der Waals surface area (Å²) in [7, 11) is 0. The number of aliphatic hydroxyl groups is 1. The molecule has 0 aromatic carbocycles. The molecule has 8 atom stereocenters. The summed E-state index contributed by atoms with van der Waals surface area (Å²) in [5.41, 5.74) is 1.57. The van der Waals surface area contributed by atoms with E-state index < -0.39 is 5.60 Å². The van der Waals surface area contributed by atoms with Gasteiger partial charge in [-0.15, -0.1) is 0 Å². The molecule has 1 heterocycles. The van der Waals surface area contributed by atoms with Crippen LogP contribution in [0.5, 0.6) is 0 Å². The van der Waals surface area contributed by atoms with E-state index in [2.05, 4.69) is 19.9 Å². The zero-order valence-electron chi connectivity index (χ0n) is 15.2. The predicted molar refractivity (Wildman–Crippen MR) is 91.4 cm³/mol. The SMILES string of the molecule is CC(=O)[C@@]12C[C@H]3[C@@H]4CC=C5C[C@H](O)CC[C@]5(C)[C@H]4CC[C@]3(C)[C@@H]1O2. The number of rotatable bonds is 1. The van der Waals surface area contributed by atoms with Gasteiger partial charge in [-0.3, -0.25) is 4.79 Å². The summed E-state index contributed by atoms with van der Waals surface area (Å²) in [6.45, 7) is 6.57. The highest BCUT2D eigenvalue weighted by Crippen LogP contribution is 2.72. The number of aliphatic hydroxyl groups excluding tert-OH is 1. The highest BCUT2D eigenvalue weighted by atomic mass is 16.6. The molecule has 4 aliphatic carbocycles. The van der Waals surface area contributed by atoms with Crippen molar-refractivity contribution >= 4 is 5.78 Å². The molecule has 0 aromatic heterocycles. The number of fused-ring (bicyclic) bond motifs is 7. The lowest BCUT2D eigenvalue weighted by molar-refractivity contribution is -0.123. The molecule has 0 bridgehead atoms. The van der Waals surface area contributed by atoms with Crippen LogP contribution in [0.1, 0.15) is 65.7 Å². The summed E-state index contributed by atoms with van der Waals surface area (Å²) in [4.78, 5) is 12.2. The average molecular weight is 330 g/mol. The maximum atomic E-state index is 12.2. The fourth-order valence-corrected chi connectivity index (χ4v) is 7.44. The van der Waals surface area contributed by atoms with E-state index in [0.717, 1.165) is 38.0 Å². The van der Waals surface area contributed by atoms with Crippen LogP contribution in [-0.4, -0.2) is 28.7 Å². The highest BCUT2D eigenvalue weighted by Gasteiger charge is 2.77. The van der Waals surface area contributed by atoms with Crippen LogP contribution in [0.2, 0.25) is 0 Å². The number of carbonyl (C=O) groups excluding carboxylic acids is 1. The quantitative estimate of drug-likeness (QED) is 0.590. The first-order valence-electron chi connectivity index (χ1n) is 9.88. The van der Waals surface area contributed by atoms with Crippen LogP contribution >= 0.6 is 0 Å². The van der Waals surface area contributed by atoms with Crippen LogP contribution in [0, 0.1) is 28.6 Å². The van der Waals surface area contributed by atoms with E-state index in [1.54, 1.807) is 6.92 Å². The molecule has 1 N–H and O–H groups in total. The second-order valence-corrected chi connectivity index (χ2v) is 9.85. The second kappa shape index (κ2) is 4.54. The van der Waals surface area contributed by atoms with Crippen LogP contribution in [0.25, 0.3) is 0 Å². The van der Waals surface area contributed by atoms with Gasteiger partial charge >= 0.3 is 0 Å². The molecule has 0 spiro atoms. The number of ether oxygens (including phenoxy) is 1. The van der Waals surface area contributed by atoms with Crippen molar-refractivity contribution in [1.29, 1.82) is 0 Å². The summed E-state index contributed by atoms with van der Waals surface area (Å²) < 4.78 is 6.00. The van der Waals surface area contributed by atoms with Crippen molar-refractivity contribution < 1.29 is 14.6 Å². The van der Waals surface area contributed by atoms with Crippen LogP contribution in [0.4, 0.5) is 0 Å². The van der Waals surface area contributed by atoms with Gasteiger partial charge in [0, 0.05) is 5.41 Å². The first kappa shape index (κ1) is 15.6. The minimum absolute atomic E-state index is 0.136. The molecule has 3 heteroatoms. The van der Waals surface area contributed by atoms with Crippen molar-refractivity contribution in [3.05, 3.63) is 11.6 Å². The maximum absolute atomic E-state index is 12.2. The number of epoxide rings is 1. The maximum Gasteiger partial charge on any atom is 0.164 e. The van der Waals surface area contributed by atoms with E-state index >= 15 is 0 Å². The lowest BCUT2D eigenvalue weighted by atomic mass is 9.48. The summed E-state index contributed by atoms with van der Waals surface area (Å²) in [5, 5.41) is 10.1. The Balaban J connectivity index is 1.50. The molecule has 0 aromatic rings. The summed E-state index contributed by atoms with van der Waals surface area (Å²) >= 11 is 0. The molecule has 1 aliphatic heterocycles. The first-order chi connectivity index (χ1) is 11.3. The van der Waals surface area contributed by atoms with Gasteiger partial charge in [-0.05, 0) is 75.0 Å². The molecule has 0 unspecified atom stereocenters. The lowest BCUT2D eigenvalue weighted by Gasteiger charge is -2.57. The smallest absolute Gasteiger partial charge is 0.164 e. The van der Waals surface area contributed by atoms with Crippen molar-refractivity contribution in [3.63, 3.8) is 0 Å². The van der Waals surface area contributed by atoms with Gasteiger partial charge in [-0.1, -0.05) is 25.5 Å². The fourth-order valence-electron chi connectivity index (χ4n) is 7.44. The summed E-state index contributed by atoms with van der Waals surface area (Å²) in [5.74, 6) is 2.30. The molecule has 3 nitrogen and oxygen atoms in total. The van der Waals surface area contributed by atoms with Crippen molar-refractivity contribution in [2.45, 2.75) is 83.5 Å². The topological polar surface area (TPSA) is 49.8 Å². The number of ketones is 1. The Labute approximate surface area is 144 Å². The Hall–Kier alpha value is -0.670. The predicted octanol–water partition coefficient (Wildman–Crippen LogP) is 3.65. The molecule has 5 aliphatic rings. The molecule has 0 amide bonds. The normalized spacial score (nSPS) is 58.0. The Kier molecular flexibility index (Phi) is 2.94. The van der Waals surface area contributed by atoms with Crippen LogP contribution in [0.3, 0.4) is 0 Å². The number of carbonyl (C=O) groups is 1. The molecule has 4 fully saturated rings. The molecule has 3 saturated carbocycles. The molecular formula is C21H30O3. The van der Waals surface area contributed by atoms with Crippen LogP contribution in [-0.2, 0) is 9.53 Å². The Bertz CT molecular complexity index is 639. The number of hydrogen-bond acceptors (Lipinski definition) is 3. The number of hydrogen-bond donors (Lipinski definition) is 1. The van der Waals surface area contributed by atoms with E-state index in [1.807, 2.05) is 0 Å². The lowest BCUT2D eigenvalue weighted by Crippen LogP contribution is -2.50. The number of allylic oxidation sites excluding steroid dienone is 1. The summed E-state index contributed by atoms with van der Waals surface area (Å²) in [6.07, 6.45) is 10.0. The third-order valence-electron chi connectivity index (χ3n) is 8.93. The third kappa shape index (κ3) is 1.69. The third-order valence-corrected chi connectivity index (χ3v) is 8.93. The van der Waals surface area contributed by atoms with Gasteiger partial charge in [0.25, 0.3) is 0 Å². The Morgan fingerprint density at radius 1 is 1.25 bits per heavy atom. The van der Waals surface area contributed by atoms with Gasteiger partial charge in [-0.2, -0.15) is 0 Å². The zero-order valence-corrected chi connectivity index (χ0v) is 15.2. The average Bonchev–Trinajstić information content (AvgIpc) is 3.22. The zero-order chi connectivity index (χ0) is 16.9. The molecule has 5 rings (SSSR count). The molecule has 132 valence electrons. The van der Waals surface area contributed by atoms with Crippen molar-refractivity contribution in [1.82, 2.24) is 0 Å². The standard InChI is InChI=1S/C21H30O3/c1-12(22)21-11-17-15-5-4-13-10-14(23)6-8-19(13,2)16(15)7-9-20(17,3)18(21)24-21/h4,14-18,23H,5-11H2,1-3H3/t14-,15-,16+,17+,18+,19+,20+,21+/m1/s1. The monoisotopic (exact) mass is 330 g/mol. The van der Waals surface area contributed by atoms with E-state index in [0.29, 0.717) is 11.8 Å². The van der Waals surface area contributed by atoms with Crippen molar-refractivity contribution in [2.75, 3.05) is 0 Å². The van der Waals surface area contributed by atoms with E-state index in [4.69, 9.17) is 4.74 Å². The Morgan fingerprint density at radius 2 is 2.04 bits per heavy atom. The Morgan fingerprint density at radius 3 is 2.79 bits per heavy atom. The first-order valence-corrected chi connectivity index (χ1v) is 9.88. The van der Waals surface area contributed by atoms with Gasteiger partial charge in [0.15, 0.2) is 11.4 Å². The fraction of sp³-hybridized carbons (Fsp3) is 0.857. The molecule has 24 heavy (non-hydrogen) atoms. The van der Waals surface area contributed by atoms with Gasteiger partial charge in [0.1, 0.15) is 6.10 Å².